The van der Waals surface area contributed by atoms with Gasteiger partial charge in [0.15, 0.2) is 5.11 Å². The molecule has 9 heteroatoms. The topological polar surface area (TPSA) is 84.7 Å². The van der Waals surface area contributed by atoms with E-state index in [4.69, 9.17) is 28.6 Å². The molecule has 0 bridgehead atoms. The average Bonchev–Trinajstić information content (AvgIpc) is 2.94. The summed E-state index contributed by atoms with van der Waals surface area (Å²) in [5, 5.41) is 14.3. The molecular formula is C19H16ClN3O4S. The van der Waals surface area contributed by atoms with Gasteiger partial charge in [-0.25, -0.2) is 0 Å². The van der Waals surface area contributed by atoms with E-state index in [2.05, 4.69) is 5.32 Å². The summed E-state index contributed by atoms with van der Waals surface area (Å²) in [5.41, 5.74) is 1.92. The smallest absolute Gasteiger partial charge is 0.276 e. The number of likely N-dealkylation sites (N-methyl/N-ethyl adjacent to an activating group) is 1. The molecule has 3 rings (SSSR count). The number of non-ortho nitro benzene ring substituents is 1. The first kappa shape index (κ1) is 19.8. The van der Waals surface area contributed by atoms with Crippen LogP contribution in [-0.4, -0.2) is 27.4 Å². The quantitative estimate of drug-likeness (QED) is 0.332. The Hall–Kier alpha value is -2.97. The summed E-state index contributed by atoms with van der Waals surface area (Å²) in [5.74, 6) is 0.292. The monoisotopic (exact) mass is 417 g/mol. The van der Waals surface area contributed by atoms with Gasteiger partial charge in [0, 0.05) is 18.7 Å². The number of hydrogen-bond donors (Lipinski definition) is 1. The Balaban J connectivity index is 1.69. The predicted molar refractivity (Wildman–Crippen MR) is 110 cm³/mol. The molecule has 0 aliphatic carbocycles. The first-order chi connectivity index (χ1) is 13.4. The summed E-state index contributed by atoms with van der Waals surface area (Å²) in [6.07, 6.45) is 1.68. The third-order valence-electron chi connectivity index (χ3n) is 4.09. The van der Waals surface area contributed by atoms with Crippen molar-refractivity contribution in [2.75, 3.05) is 6.54 Å². The number of halogens is 1. The maximum absolute atomic E-state index is 12.2. The van der Waals surface area contributed by atoms with Gasteiger partial charge in [-0.1, -0.05) is 17.7 Å². The van der Waals surface area contributed by atoms with Crippen LogP contribution in [0.4, 0.5) is 5.69 Å². The Morgan fingerprint density at radius 1 is 1.29 bits per heavy atom. The van der Waals surface area contributed by atoms with E-state index in [1.165, 1.54) is 17.0 Å². The molecule has 1 saturated heterocycles. The normalized spacial score (nSPS) is 15.1. The highest BCUT2D eigenvalue weighted by Gasteiger charge is 2.28. The third-order valence-corrected chi connectivity index (χ3v) is 4.70. The van der Waals surface area contributed by atoms with Crippen molar-refractivity contribution in [2.45, 2.75) is 13.5 Å². The van der Waals surface area contributed by atoms with Crippen LogP contribution < -0.4 is 10.1 Å². The van der Waals surface area contributed by atoms with Crippen molar-refractivity contribution in [1.29, 1.82) is 0 Å². The van der Waals surface area contributed by atoms with E-state index in [0.29, 0.717) is 28.1 Å². The molecule has 144 valence electrons. The average molecular weight is 418 g/mol. The number of carbonyl (C=O) groups excluding carboxylic acids is 1. The zero-order valence-electron chi connectivity index (χ0n) is 14.8. The van der Waals surface area contributed by atoms with E-state index >= 15 is 0 Å². The largest absolute Gasteiger partial charge is 0.487 e. The van der Waals surface area contributed by atoms with Gasteiger partial charge in [0.2, 0.25) is 0 Å². The van der Waals surface area contributed by atoms with E-state index in [9.17, 15) is 14.9 Å². The zero-order chi connectivity index (χ0) is 20.3. The lowest BCUT2D eigenvalue weighted by Gasteiger charge is -2.09. The maximum atomic E-state index is 12.2. The van der Waals surface area contributed by atoms with Crippen LogP contribution in [0.25, 0.3) is 6.08 Å². The second-order valence-corrected chi connectivity index (χ2v) is 6.73. The van der Waals surface area contributed by atoms with Crippen LogP contribution in [0.15, 0.2) is 48.2 Å². The minimum Gasteiger partial charge on any atom is -0.487 e. The number of nitrogens with zero attached hydrogens (tertiary/aromatic N) is 2. The van der Waals surface area contributed by atoms with Crippen molar-refractivity contribution >= 4 is 46.6 Å². The highest BCUT2D eigenvalue weighted by molar-refractivity contribution is 7.80. The van der Waals surface area contributed by atoms with Crippen molar-refractivity contribution in [2.24, 2.45) is 0 Å². The predicted octanol–water partition coefficient (Wildman–Crippen LogP) is 3.90. The van der Waals surface area contributed by atoms with Crippen molar-refractivity contribution in [3.05, 3.63) is 74.4 Å². The minimum absolute atomic E-state index is 0.0235. The number of ether oxygens (including phenoxy) is 1. The SMILES string of the molecule is CCN1C(=O)/C(=C/c2ccc(OCc3ccc([N+](=O)[O-])cc3)c(Cl)c2)NC1=S. The lowest BCUT2D eigenvalue weighted by atomic mass is 10.1. The van der Waals surface area contributed by atoms with Gasteiger partial charge in [-0.3, -0.25) is 19.8 Å². The summed E-state index contributed by atoms with van der Waals surface area (Å²) < 4.78 is 5.69. The second-order valence-electron chi connectivity index (χ2n) is 5.94. The number of nitrogens with one attached hydrogen (secondary N) is 1. The van der Waals surface area contributed by atoms with Gasteiger partial charge >= 0.3 is 0 Å². The molecule has 2 aromatic rings. The van der Waals surface area contributed by atoms with Crippen LogP contribution in [0.3, 0.4) is 0 Å². The molecule has 1 N–H and O–H groups in total. The number of thiocarbonyl (C=S) groups is 1. The first-order valence-electron chi connectivity index (χ1n) is 8.39. The molecule has 0 atom stereocenters. The number of benzene rings is 2. The molecule has 1 aliphatic heterocycles. The fourth-order valence-electron chi connectivity index (χ4n) is 2.62. The summed E-state index contributed by atoms with van der Waals surface area (Å²) in [6.45, 7) is 2.57. The molecule has 0 spiro atoms. The summed E-state index contributed by atoms with van der Waals surface area (Å²) in [7, 11) is 0. The van der Waals surface area contributed by atoms with Gasteiger partial charge in [-0.2, -0.15) is 0 Å². The van der Waals surface area contributed by atoms with E-state index < -0.39 is 4.92 Å². The molecule has 0 saturated carbocycles. The first-order valence-corrected chi connectivity index (χ1v) is 9.18. The van der Waals surface area contributed by atoms with Crippen molar-refractivity contribution in [1.82, 2.24) is 10.2 Å². The molecule has 7 nitrogen and oxygen atoms in total. The Morgan fingerprint density at radius 2 is 2.00 bits per heavy atom. The molecule has 1 fully saturated rings. The molecule has 0 aromatic heterocycles. The van der Waals surface area contributed by atoms with Crippen LogP contribution in [0.2, 0.25) is 5.02 Å². The van der Waals surface area contributed by atoms with Crippen molar-refractivity contribution < 1.29 is 14.5 Å². The van der Waals surface area contributed by atoms with E-state index in [0.717, 1.165) is 11.1 Å². The minimum atomic E-state index is -0.453. The van der Waals surface area contributed by atoms with Gasteiger partial charge in [0.1, 0.15) is 18.1 Å². The summed E-state index contributed by atoms with van der Waals surface area (Å²) >= 11 is 11.4. The lowest BCUT2D eigenvalue weighted by molar-refractivity contribution is -0.384. The fourth-order valence-corrected chi connectivity index (χ4v) is 3.19. The highest BCUT2D eigenvalue weighted by Crippen LogP contribution is 2.28. The fraction of sp³-hybridized carbons (Fsp3) is 0.158. The summed E-state index contributed by atoms with van der Waals surface area (Å²) in [6, 6.07) is 11.3. The highest BCUT2D eigenvalue weighted by atomic mass is 35.5. The Bertz CT molecular complexity index is 976. The molecule has 0 radical (unpaired) electrons. The lowest BCUT2D eigenvalue weighted by Crippen LogP contribution is -2.30. The number of nitro groups is 1. The number of nitro benzene ring substituents is 1. The number of amides is 1. The van der Waals surface area contributed by atoms with Gasteiger partial charge in [-0.15, -0.1) is 0 Å². The maximum Gasteiger partial charge on any atom is 0.276 e. The molecule has 1 aliphatic rings. The molecule has 28 heavy (non-hydrogen) atoms. The summed E-state index contributed by atoms with van der Waals surface area (Å²) in [4.78, 5) is 23.9. The molecule has 1 heterocycles. The van der Waals surface area contributed by atoms with Crippen LogP contribution in [0.5, 0.6) is 5.75 Å². The molecular weight excluding hydrogens is 402 g/mol. The van der Waals surface area contributed by atoms with E-state index in [1.807, 2.05) is 6.92 Å². The van der Waals surface area contributed by atoms with Crippen molar-refractivity contribution in [3.8, 4) is 5.75 Å². The van der Waals surface area contributed by atoms with Gasteiger partial charge < -0.3 is 10.1 Å². The molecule has 0 unspecified atom stereocenters. The van der Waals surface area contributed by atoms with E-state index in [-0.39, 0.29) is 18.2 Å². The molecule has 1 amide bonds. The molecule has 2 aromatic carbocycles. The zero-order valence-corrected chi connectivity index (χ0v) is 16.4. The number of rotatable bonds is 6. The van der Waals surface area contributed by atoms with Crippen LogP contribution in [0.1, 0.15) is 18.1 Å². The third kappa shape index (κ3) is 4.29. The van der Waals surface area contributed by atoms with Gasteiger partial charge in [0.05, 0.1) is 9.95 Å². The van der Waals surface area contributed by atoms with Crippen molar-refractivity contribution in [3.63, 3.8) is 0 Å². The number of hydrogen-bond acceptors (Lipinski definition) is 5. The van der Waals surface area contributed by atoms with Crippen LogP contribution in [0, 0.1) is 10.1 Å². The van der Waals surface area contributed by atoms with Crippen LogP contribution in [-0.2, 0) is 11.4 Å². The second kappa shape index (κ2) is 8.37. The van der Waals surface area contributed by atoms with Gasteiger partial charge in [0.25, 0.3) is 11.6 Å². The number of carbonyl (C=O) groups is 1. The van der Waals surface area contributed by atoms with Gasteiger partial charge in [-0.05, 0) is 60.6 Å². The standard InChI is InChI=1S/C19H16ClN3O4S/c1-2-22-18(24)16(21-19(22)28)10-13-5-8-17(15(20)9-13)27-11-12-3-6-14(7-4-12)23(25)26/h3-10H,2,11H2,1H3,(H,21,28)/b16-10-. The Labute approximate surface area is 171 Å². The Morgan fingerprint density at radius 3 is 2.57 bits per heavy atom. The van der Waals surface area contributed by atoms with E-state index in [1.54, 1.807) is 36.4 Å². The Kier molecular flexibility index (Phi) is 5.91. The van der Waals surface area contributed by atoms with Crippen LogP contribution >= 0.6 is 23.8 Å².